The highest BCUT2D eigenvalue weighted by Crippen LogP contribution is 2.40. The van der Waals surface area contributed by atoms with Gasteiger partial charge in [-0.25, -0.2) is 0 Å². The molecule has 0 spiro atoms. The first kappa shape index (κ1) is 12.9. The van der Waals surface area contributed by atoms with Gasteiger partial charge in [0.15, 0.2) is 0 Å². The van der Waals surface area contributed by atoms with Gasteiger partial charge in [-0.2, -0.15) is 0 Å². The van der Waals surface area contributed by atoms with E-state index in [9.17, 15) is 9.90 Å². The van der Waals surface area contributed by atoms with Crippen LogP contribution in [0.4, 0.5) is 0 Å². The van der Waals surface area contributed by atoms with Crippen molar-refractivity contribution in [2.45, 2.75) is 25.4 Å². The van der Waals surface area contributed by atoms with Gasteiger partial charge in [-0.05, 0) is 36.5 Å². The Bertz CT molecular complexity index is 491. The van der Waals surface area contributed by atoms with Crippen molar-refractivity contribution in [1.82, 2.24) is 4.90 Å². The molecule has 1 aromatic rings. The Hall–Kier alpha value is -1.06. The average Bonchev–Trinajstić information content (AvgIpc) is 2.73. The molecule has 1 N–H and O–H groups in total. The molecule has 1 aromatic carbocycles. The average molecular weight is 280 g/mol. The van der Waals surface area contributed by atoms with Gasteiger partial charge in [0, 0.05) is 30.5 Å². The second kappa shape index (κ2) is 5.14. The van der Waals surface area contributed by atoms with E-state index < -0.39 is 0 Å². The number of carbonyl (C=O) groups is 1. The van der Waals surface area contributed by atoms with Crippen molar-refractivity contribution >= 4 is 17.5 Å². The highest BCUT2D eigenvalue weighted by Gasteiger charge is 2.47. The zero-order valence-corrected chi connectivity index (χ0v) is 11.5. The number of carbonyl (C=O) groups excluding carboxylic acids is 1. The third kappa shape index (κ3) is 2.63. The Kier molecular flexibility index (Phi) is 3.50. The van der Waals surface area contributed by atoms with Gasteiger partial charge in [0.2, 0.25) is 5.91 Å². The zero-order valence-electron chi connectivity index (χ0n) is 10.8. The summed E-state index contributed by atoms with van der Waals surface area (Å²) < 4.78 is 0. The van der Waals surface area contributed by atoms with Gasteiger partial charge in [-0.15, -0.1) is 0 Å². The Morgan fingerprint density at radius 3 is 2.95 bits per heavy atom. The highest BCUT2D eigenvalue weighted by molar-refractivity contribution is 6.30. The van der Waals surface area contributed by atoms with Crippen molar-refractivity contribution in [1.29, 1.82) is 0 Å². The molecule has 102 valence electrons. The van der Waals surface area contributed by atoms with Crippen molar-refractivity contribution in [3.8, 4) is 0 Å². The number of aryl methyl sites for hydroxylation is 1. The lowest BCUT2D eigenvalue weighted by molar-refractivity contribution is -0.130. The molecular weight excluding hydrogens is 262 g/mol. The molecule has 4 heteroatoms. The Balaban J connectivity index is 1.52. The Labute approximate surface area is 118 Å². The molecule has 1 aliphatic heterocycles. The molecule has 1 saturated carbocycles. The van der Waals surface area contributed by atoms with Crippen molar-refractivity contribution in [3.05, 3.63) is 34.9 Å². The molecule has 0 radical (unpaired) electrons. The van der Waals surface area contributed by atoms with Gasteiger partial charge in [0.25, 0.3) is 0 Å². The Morgan fingerprint density at radius 1 is 1.42 bits per heavy atom. The first-order valence-electron chi connectivity index (χ1n) is 6.84. The number of likely N-dealkylation sites (tertiary alicyclic amines) is 1. The molecule has 0 aromatic heterocycles. The largest absolute Gasteiger partial charge is 0.393 e. The van der Waals surface area contributed by atoms with E-state index >= 15 is 0 Å². The van der Waals surface area contributed by atoms with Crippen molar-refractivity contribution in [2.24, 2.45) is 11.8 Å². The molecule has 2 aliphatic rings. The van der Waals surface area contributed by atoms with Crippen molar-refractivity contribution in [3.63, 3.8) is 0 Å². The van der Waals surface area contributed by atoms with E-state index in [4.69, 9.17) is 11.6 Å². The predicted octanol–water partition coefficient (Wildman–Crippen LogP) is 2.11. The summed E-state index contributed by atoms with van der Waals surface area (Å²) in [5, 5.41) is 10.3. The second-order valence-electron chi connectivity index (χ2n) is 5.66. The minimum absolute atomic E-state index is 0.185. The fourth-order valence-corrected chi connectivity index (χ4v) is 3.39. The molecule has 1 amide bonds. The number of nitrogens with zero attached hydrogens (tertiary/aromatic N) is 1. The van der Waals surface area contributed by atoms with Crippen LogP contribution in [0.1, 0.15) is 18.4 Å². The fraction of sp³-hybridized carbons (Fsp3) is 0.533. The number of rotatable bonds is 3. The molecule has 3 rings (SSSR count). The van der Waals surface area contributed by atoms with E-state index in [1.54, 1.807) is 0 Å². The lowest BCUT2D eigenvalue weighted by Gasteiger charge is -2.34. The quantitative estimate of drug-likeness (QED) is 0.921. The molecule has 1 saturated heterocycles. The van der Waals surface area contributed by atoms with Crippen LogP contribution < -0.4 is 0 Å². The lowest BCUT2D eigenvalue weighted by Crippen LogP contribution is -2.39. The SMILES string of the molecule is O=C(CCc1cccc(Cl)c1)N1C[C@H]2C[C@@H](O)[C@H]2C1. The summed E-state index contributed by atoms with van der Waals surface area (Å²) in [6.07, 6.45) is 1.93. The van der Waals surface area contributed by atoms with Gasteiger partial charge < -0.3 is 10.0 Å². The maximum absolute atomic E-state index is 12.1. The van der Waals surface area contributed by atoms with Crippen molar-refractivity contribution in [2.75, 3.05) is 13.1 Å². The maximum atomic E-state index is 12.1. The topological polar surface area (TPSA) is 40.5 Å². The molecule has 1 aliphatic carbocycles. The fourth-order valence-electron chi connectivity index (χ4n) is 3.18. The molecule has 3 atom stereocenters. The number of fused-ring (bicyclic) bond motifs is 1. The summed E-state index contributed by atoms with van der Waals surface area (Å²) in [6, 6.07) is 7.66. The number of aliphatic hydroxyl groups is 1. The zero-order chi connectivity index (χ0) is 13.4. The molecule has 1 heterocycles. The summed E-state index contributed by atoms with van der Waals surface area (Å²) in [6.45, 7) is 1.57. The van der Waals surface area contributed by atoms with Gasteiger partial charge in [0.1, 0.15) is 0 Å². The molecule has 0 unspecified atom stereocenters. The van der Waals surface area contributed by atoms with E-state index in [0.29, 0.717) is 23.3 Å². The van der Waals surface area contributed by atoms with E-state index in [-0.39, 0.29) is 12.0 Å². The summed E-state index contributed by atoms with van der Waals surface area (Å²) in [4.78, 5) is 14.1. The number of hydrogen-bond acceptors (Lipinski definition) is 2. The molecule has 0 bridgehead atoms. The smallest absolute Gasteiger partial charge is 0.222 e. The van der Waals surface area contributed by atoms with Gasteiger partial charge in [-0.1, -0.05) is 23.7 Å². The van der Waals surface area contributed by atoms with Crippen LogP contribution in [0.15, 0.2) is 24.3 Å². The summed E-state index contributed by atoms with van der Waals surface area (Å²) in [5.41, 5.74) is 1.10. The normalized spacial score (nSPS) is 28.9. The van der Waals surface area contributed by atoms with Crippen LogP contribution in [-0.4, -0.2) is 35.1 Å². The first-order chi connectivity index (χ1) is 9.13. The highest BCUT2D eigenvalue weighted by atomic mass is 35.5. The predicted molar refractivity (Wildman–Crippen MR) is 74.0 cm³/mol. The van der Waals surface area contributed by atoms with E-state index in [1.807, 2.05) is 29.2 Å². The summed E-state index contributed by atoms with van der Waals surface area (Å²) >= 11 is 5.93. The van der Waals surface area contributed by atoms with Crippen LogP contribution in [0.2, 0.25) is 5.02 Å². The van der Waals surface area contributed by atoms with Crippen LogP contribution in [-0.2, 0) is 11.2 Å². The number of hydrogen-bond donors (Lipinski definition) is 1. The molecular formula is C15H18ClNO2. The number of benzene rings is 1. The van der Waals surface area contributed by atoms with Crippen LogP contribution in [0.25, 0.3) is 0 Å². The molecule has 19 heavy (non-hydrogen) atoms. The van der Waals surface area contributed by atoms with E-state index in [1.165, 1.54) is 0 Å². The Morgan fingerprint density at radius 2 is 2.26 bits per heavy atom. The van der Waals surface area contributed by atoms with E-state index in [0.717, 1.165) is 31.5 Å². The monoisotopic (exact) mass is 279 g/mol. The van der Waals surface area contributed by atoms with Crippen molar-refractivity contribution < 1.29 is 9.90 Å². The van der Waals surface area contributed by atoms with Crippen LogP contribution in [0.5, 0.6) is 0 Å². The van der Waals surface area contributed by atoms with Gasteiger partial charge in [-0.3, -0.25) is 4.79 Å². The third-order valence-electron chi connectivity index (χ3n) is 4.40. The van der Waals surface area contributed by atoms with Crippen LogP contribution in [0, 0.1) is 11.8 Å². The maximum Gasteiger partial charge on any atom is 0.222 e. The number of halogens is 1. The van der Waals surface area contributed by atoms with E-state index in [2.05, 4.69) is 0 Å². The van der Waals surface area contributed by atoms with Gasteiger partial charge in [0.05, 0.1) is 6.10 Å². The molecule has 3 nitrogen and oxygen atoms in total. The van der Waals surface area contributed by atoms with Crippen LogP contribution >= 0.6 is 11.6 Å². The van der Waals surface area contributed by atoms with Gasteiger partial charge >= 0.3 is 0 Å². The lowest BCUT2D eigenvalue weighted by atomic mass is 9.74. The summed E-state index contributed by atoms with van der Waals surface area (Å²) in [7, 11) is 0. The molecule has 2 fully saturated rings. The second-order valence-corrected chi connectivity index (χ2v) is 6.09. The standard InChI is InChI=1S/C15H18ClNO2/c16-12-3-1-2-10(6-12)4-5-15(19)17-8-11-7-14(18)13(11)9-17/h1-3,6,11,13-14,18H,4-5,7-9H2/t11-,13+,14-/m1/s1. The summed E-state index contributed by atoms with van der Waals surface area (Å²) in [5.74, 6) is 1.06. The minimum atomic E-state index is -0.185. The number of aliphatic hydroxyl groups excluding tert-OH is 1. The number of amides is 1. The van der Waals surface area contributed by atoms with Crippen LogP contribution in [0.3, 0.4) is 0 Å². The minimum Gasteiger partial charge on any atom is -0.393 e. The first-order valence-corrected chi connectivity index (χ1v) is 7.21. The third-order valence-corrected chi connectivity index (χ3v) is 4.63.